The summed E-state index contributed by atoms with van der Waals surface area (Å²) >= 11 is 0. The van der Waals surface area contributed by atoms with Gasteiger partial charge < -0.3 is 19.5 Å². The summed E-state index contributed by atoms with van der Waals surface area (Å²) in [5.41, 5.74) is 2.65. The maximum Gasteiger partial charge on any atom is 0.337 e. The van der Waals surface area contributed by atoms with E-state index in [1.807, 2.05) is 31.2 Å². The molecule has 3 aromatic carbocycles. The summed E-state index contributed by atoms with van der Waals surface area (Å²) < 4.78 is 41.0. The van der Waals surface area contributed by atoms with Crippen molar-refractivity contribution in [1.29, 1.82) is 0 Å². The van der Waals surface area contributed by atoms with E-state index in [1.54, 1.807) is 24.3 Å². The van der Waals surface area contributed by atoms with Crippen LogP contribution in [0.15, 0.2) is 66.7 Å². The fourth-order valence-corrected chi connectivity index (χ4v) is 4.37. The van der Waals surface area contributed by atoms with Gasteiger partial charge in [-0.25, -0.2) is 18.0 Å². The van der Waals surface area contributed by atoms with Gasteiger partial charge in [0.1, 0.15) is 5.75 Å². The first-order valence-electron chi connectivity index (χ1n) is 11.4. The normalized spacial score (nSPS) is 10.8. The summed E-state index contributed by atoms with van der Waals surface area (Å²) in [5.74, 6) is -1.59. The highest BCUT2D eigenvalue weighted by atomic mass is 32.2. The second-order valence-electron chi connectivity index (χ2n) is 8.37. The first-order valence-corrected chi connectivity index (χ1v) is 13.2. The quantitative estimate of drug-likeness (QED) is 0.387. The van der Waals surface area contributed by atoms with E-state index in [4.69, 9.17) is 4.74 Å². The highest BCUT2D eigenvalue weighted by molar-refractivity contribution is 7.92. The third kappa shape index (κ3) is 7.56. The lowest BCUT2D eigenvalue weighted by Crippen LogP contribution is -2.29. The number of carbonyl (C=O) groups is 3. The van der Waals surface area contributed by atoms with Gasteiger partial charge in [0, 0.05) is 5.69 Å². The molecule has 0 saturated heterocycles. The summed E-state index contributed by atoms with van der Waals surface area (Å²) in [6.07, 6.45) is 1.14. The Morgan fingerprint density at radius 1 is 0.842 bits per heavy atom. The third-order valence-corrected chi connectivity index (χ3v) is 6.54. The number of hydrogen-bond acceptors (Lipinski definition) is 8. The Hall–Kier alpha value is -4.38. The maximum absolute atomic E-state index is 12.5. The van der Waals surface area contributed by atoms with Crippen LogP contribution in [0.4, 0.5) is 11.4 Å². The molecule has 0 atom stereocenters. The van der Waals surface area contributed by atoms with Crippen molar-refractivity contribution < 1.29 is 37.0 Å². The van der Waals surface area contributed by atoms with Crippen molar-refractivity contribution in [3.05, 3.63) is 89.0 Å². The predicted octanol–water partition coefficient (Wildman–Crippen LogP) is 3.55. The first kappa shape index (κ1) is 28.2. The first-order chi connectivity index (χ1) is 18.0. The lowest BCUT2D eigenvalue weighted by atomic mass is 10.1. The van der Waals surface area contributed by atoms with Crippen molar-refractivity contribution in [3.8, 4) is 5.75 Å². The molecule has 200 valence electrons. The summed E-state index contributed by atoms with van der Waals surface area (Å²) in [7, 11) is -1.17. The van der Waals surface area contributed by atoms with Gasteiger partial charge in [0.25, 0.3) is 5.91 Å². The zero-order valence-corrected chi connectivity index (χ0v) is 22.2. The molecule has 0 aromatic heterocycles. The van der Waals surface area contributed by atoms with Crippen LogP contribution in [0, 0.1) is 6.92 Å². The molecular formula is C27H28N2O8S. The van der Waals surface area contributed by atoms with Gasteiger partial charge in [-0.15, -0.1) is 0 Å². The lowest BCUT2D eigenvalue weighted by Gasteiger charge is -2.23. The minimum Gasteiger partial charge on any atom is -0.484 e. The SMILES string of the molecule is COC(=O)c1cc(NC(=O)COc2ccc(N(Cc3ccc(C)cc3)S(C)(=O)=O)cc2)cc(C(=O)OC)c1. The second kappa shape index (κ2) is 12.2. The smallest absolute Gasteiger partial charge is 0.337 e. The average Bonchev–Trinajstić information content (AvgIpc) is 2.90. The number of nitrogens with zero attached hydrogens (tertiary/aromatic N) is 1. The molecule has 3 rings (SSSR count). The molecule has 11 heteroatoms. The number of nitrogens with one attached hydrogen (secondary N) is 1. The summed E-state index contributed by atoms with van der Waals surface area (Å²) in [4.78, 5) is 36.3. The number of anilines is 2. The molecule has 0 heterocycles. The van der Waals surface area contributed by atoms with Gasteiger partial charge in [-0.1, -0.05) is 29.8 Å². The van der Waals surface area contributed by atoms with Crippen LogP contribution in [0.2, 0.25) is 0 Å². The van der Waals surface area contributed by atoms with E-state index in [1.165, 1.54) is 36.7 Å². The van der Waals surface area contributed by atoms with Crippen LogP contribution in [0.25, 0.3) is 0 Å². The number of esters is 2. The van der Waals surface area contributed by atoms with Gasteiger partial charge in [0.2, 0.25) is 10.0 Å². The van der Waals surface area contributed by atoms with E-state index < -0.39 is 27.9 Å². The Morgan fingerprint density at radius 3 is 1.89 bits per heavy atom. The van der Waals surface area contributed by atoms with Crippen molar-refractivity contribution >= 4 is 39.2 Å². The molecule has 1 amide bonds. The van der Waals surface area contributed by atoms with Gasteiger partial charge in [-0.05, 0) is 55.0 Å². The van der Waals surface area contributed by atoms with Crippen molar-refractivity contribution in [1.82, 2.24) is 0 Å². The van der Waals surface area contributed by atoms with E-state index in [0.717, 1.165) is 17.4 Å². The number of rotatable bonds is 10. The number of ether oxygens (including phenoxy) is 3. The van der Waals surface area contributed by atoms with Gasteiger partial charge in [-0.3, -0.25) is 9.10 Å². The Morgan fingerprint density at radius 2 is 1.39 bits per heavy atom. The monoisotopic (exact) mass is 540 g/mol. The molecular weight excluding hydrogens is 512 g/mol. The van der Waals surface area contributed by atoms with Crippen molar-refractivity contribution in [3.63, 3.8) is 0 Å². The fourth-order valence-electron chi connectivity index (χ4n) is 3.49. The molecule has 0 fully saturated rings. The van der Waals surface area contributed by atoms with E-state index in [9.17, 15) is 22.8 Å². The number of benzene rings is 3. The highest BCUT2D eigenvalue weighted by Crippen LogP contribution is 2.24. The fraction of sp³-hybridized carbons (Fsp3) is 0.222. The van der Waals surface area contributed by atoms with Crippen LogP contribution in [0.3, 0.4) is 0 Å². The minimum absolute atomic E-state index is 0.0586. The van der Waals surface area contributed by atoms with Crippen LogP contribution in [0.5, 0.6) is 5.75 Å². The Bertz CT molecular complexity index is 1380. The number of aryl methyl sites for hydroxylation is 1. The molecule has 0 aliphatic carbocycles. The van der Waals surface area contributed by atoms with E-state index in [2.05, 4.69) is 14.8 Å². The standard InChI is InChI=1S/C27H28N2O8S/c1-18-5-7-19(8-6-18)16-29(38(4,33)34)23-9-11-24(12-10-23)37-17-25(30)28-22-14-20(26(31)35-2)13-21(15-22)27(32)36-3/h5-15H,16-17H2,1-4H3,(H,28,30). The number of methoxy groups -OCH3 is 2. The molecule has 0 unspecified atom stereocenters. The number of amides is 1. The molecule has 1 N–H and O–H groups in total. The molecule has 38 heavy (non-hydrogen) atoms. The van der Waals surface area contributed by atoms with Crippen LogP contribution in [-0.2, 0) is 30.8 Å². The van der Waals surface area contributed by atoms with Gasteiger partial charge in [0.05, 0.1) is 43.8 Å². The van der Waals surface area contributed by atoms with E-state index in [-0.39, 0.29) is 30.0 Å². The summed E-state index contributed by atoms with van der Waals surface area (Å²) in [5, 5.41) is 2.56. The molecule has 0 bridgehead atoms. The zero-order valence-electron chi connectivity index (χ0n) is 21.4. The Kier molecular flexibility index (Phi) is 9.08. The van der Waals surface area contributed by atoms with Gasteiger partial charge in [0.15, 0.2) is 6.61 Å². The second-order valence-corrected chi connectivity index (χ2v) is 10.3. The number of hydrogen-bond donors (Lipinski definition) is 1. The molecule has 0 aliphatic heterocycles. The van der Waals surface area contributed by atoms with Crippen molar-refractivity contribution in [2.24, 2.45) is 0 Å². The third-order valence-electron chi connectivity index (χ3n) is 5.40. The van der Waals surface area contributed by atoms with Crippen molar-refractivity contribution in [2.45, 2.75) is 13.5 Å². The molecule has 0 saturated carbocycles. The van der Waals surface area contributed by atoms with Gasteiger partial charge in [-0.2, -0.15) is 0 Å². The van der Waals surface area contributed by atoms with E-state index >= 15 is 0 Å². The molecule has 0 radical (unpaired) electrons. The molecule has 3 aromatic rings. The number of sulfonamides is 1. The van der Waals surface area contributed by atoms with Gasteiger partial charge >= 0.3 is 11.9 Å². The van der Waals surface area contributed by atoms with E-state index in [0.29, 0.717) is 11.4 Å². The summed E-state index contributed by atoms with van der Waals surface area (Å²) in [6.45, 7) is 1.74. The van der Waals surface area contributed by atoms with Crippen LogP contribution >= 0.6 is 0 Å². The van der Waals surface area contributed by atoms with Crippen LogP contribution in [-0.4, -0.2) is 53.3 Å². The lowest BCUT2D eigenvalue weighted by molar-refractivity contribution is -0.118. The topological polar surface area (TPSA) is 128 Å². The average molecular weight is 541 g/mol. The van der Waals surface area contributed by atoms with Crippen molar-refractivity contribution in [2.75, 3.05) is 36.7 Å². The Balaban J connectivity index is 1.68. The Labute approximate surface area is 221 Å². The minimum atomic E-state index is -3.56. The maximum atomic E-state index is 12.5. The predicted molar refractivity (Wildman–Crippen MR) is 142 cm³/mol. The highest BCUT2D eigenvalue weighted by Gasteiger charge is 2.19. The summed E-state index contributed by atoms with van der Waals surface area (Å²) in [6, 6.07) is 17.9. The largest absolute Gasteiger partial charge is 0.484 e. The van der Waals surface area contributed by atoms with Crippen LogP contribution < -0.4 is 14.4 Å². The zero-order chi connectivity index (χ0) is 27.9. The molecule has 10 nitrogen and oxygen atoms in total. The molecule has 0 aliphatic rings. The number of carbonyl (C=O) groups excluding carboxylic acids is 3. The van der Waals surface area contributed by atoms with Crippen LogP contribution in [0.1, 0.15) is 31.8 Å². The molecule has 0 spiro atoms.